The number of ether oxygens (including phenoxy) is 2. The molecule has 0 aromatic heterocycles. The zero-order valence-electron chi connectivity index (χ0n) is 29.4. The Morgan fingerprint density at radius 1 is 0.500 bits per heavy atom. The highest BCUT2D eigenvalue weighted by molar-refractivity contribution is 7.02. The molecule has 0 spiro atoms. The number of hydrogen-bond acceptors (Lipinski definition) is 7. The molecular weight excluding hydrogens is 690 g/mol. The summed E-state index contributed by atoms with van der Waals surface area (Å²) in [7, 11) is 0. The van der Waals surface area contributed by atoms with Crippen molar-refractivity contribution >= 4 is 86.0 Å². The van der Waals surface area contributed by atoms with Gasteiger partial charge in [0, 0.05) is 22.7 Å². The van der Waals surface area contributed by atoms with Crippen LogP contribution in [0.2, 0.25) is 0 Å². The second-order valence-corrected chi connectivity index (χ2v) is 14.0. The second kappa shape index (κ2) is 11.7. The lowest BCUT2D eigenvalue weighted by Crippen LogP contribution is -2.64. The van der Waals surface area contributed by atoms with E-state index >= 15 is 0 Å². The summed E-state index contributed by atoms with van der Waals surface area (Å²) in [6.45, 7) is 7.37. The van der Waals surface area contributed by atoms with Crippen molar-refractivity contribution in [1.29, 1.82) is 15.8 Å². The van der Waals surface area contributed by atoms with Gasteiger partial charge in [-0.2, -0.15) is 15.8 Å². The number of fused-ring (bicyclic) bond motifs is 8. The predicted octanol–water partition coefficient (Wildman–Crippen LogP) is 6.66. The molecule has 0 atom stereocenters. The van der Waals surface area contributed by atoms with Crippen LogP contribution in [0.3, 0.4) is 0 Å². The van der Waals surface area contributed by atoms with Gasteiger partial charge in [0.05, 0.1) is 40.7 Å². The van der Waals surface area contributed by atoms with Crippen molar-refractivity contribution in [3.8, 4) is 41.2 Å². The van der Waals surface area contributed by atoms with Crippen molar-refractivity contribution in [2.75, 3.05) is 9.80 Å². The van der Waals surface area contributed by atoms with Crippen LogP contribution in [0.5, 0.6) is 23.0 Å². The maximum absolute atomic E-state index is 10.8. The summed E-state index contributed by atoms with van der Waals surface area (Å²) >= 11 is 0. The van der Waals surface area contributed by atoms with Crippen molar-refractivity contribution in [3.05, 3.63) is 162 Å². The van der Waals surface area contributed by atoms with E-state index in [1.807, 2.05) is 103 Å². The van der Waals surface area contributed by atoms with Crippen molar-refractivity contribution in [1.82, 2.24) is 0 Å². The fourth-order valence-electron chi connectivity index (χ4n) is 9.10. The smallest absolute Gasteiger partial charge is 0.256 e. The molecule has 0 fully saturated rings. The average molecular weight is 712 g/mol. The van der Waals surface area contributed by atoms with E-state index in [9.17, 15) is 15.8 Å². The maximum Gasteiger partial charge on any atom is 0.256 e. The summed E-state index contributed by atoms with van der Waals surface area (Å²) in [5.74, 6) is 2.16. The van der Waals surface area contributed by atoms with Crippen molar-refractivity contribution in [3.63, 3.8) is 0 Å². The molecule has 0 aliphatic carbocycles. The van der Waals surface area contributed by atoms with E-state index in [-0.39, 0.29) is 11.3 Å². The lowest BCUT2D eigenvalue weighted by atomic mass is 9.30. The molecule has 11 rings (SSSR count). The summed E-state index contributed by atoms with van der Waals surface area (Å²) < 4.78 is 13.2. The Bertz CT molecular complexity index is 2870. The van der Waals surface area contributed by atoms with Crippen molar-refractivity contribution in [2.45, 2.75) is 0 Å². The Balaban J connectivity index is 1.32. The SMILES string of the molecule is [C-]#[N+]c1cc(C#N)c2c3c1Oc1ccccc1B3c1cc3c(cc1N2c1ccccc1)N(c1ccccc1)c1c(C#N)cc(C#N)c2c1B3c1ccccc1O2. The van der Waals surface area contributed by atoms with Crippen LogP contribution in [0.15, 0.2) is 133 Å². The first-order valence-electron chi connectivity index (χ1n) is 18.0. The van der Waals surface area contributed by atoms with Crippen LogP contribution < -0.4 is 52.1 Å². The third-order valence-electron chi connectivity index (χ3n) is 11.3. The van der Waals surface area contributed by atoms with Crippen LogP contribution in [0.4, 0.5) is 39.8 Å². The van der Waals surface area contributed by atoms with E-state index in [4.69, 9.17) is 16.0 Å². The third-order valence-corrected chi connectivity index (χ3v) is 11.3. The van der Waals surface area contributed by atoms with Crippen molar-refractivity contribution < 1.29 is 9.47 Å². The molecule has 254 valence electrons. The van der Waals surface area contributed by atoms with Crippen LogP contribution in [0.25, 0.3) is 4.85 Å². The first-order valence-corrected chi connectivity index (χ1v) is 18.0. The van der Waals surface area contributed by atoms with Gasteiger partial charge in [-0.15, -0.1) is 0 Å². The van der Waals surface area contributed by atoms with Gasteiger partial charge in [0.15, 0.2) is 0 Å². The Labute approximate surface area is 322 Å². The molecule has 10 heteroatoms. The summed E-state index contributed by atoms with van der Waals surface area (Å²) in [5.41, 5.74) is 11.2. The average Bonchev–Trinajstić information content (AvgIpc) is 3.26. The van der Waals surface area contributed by atoms with Gasteiger partial charge < -0.3 is 19.3 Å². The Morgan fingerprint density at radius 3 is 1.48 bits per heavy atom. The molecular formula is C46H22B2N6O2. The largest absolute Gasteiger partial charge is 0.469 e. The van der Waals surface area contributed by atoms with Gasteiger partial charge in [-0.3, -0.25) is 0 Å². The number of hydrogen-bond donors (Lipinski definition) is 0. The zero-order valence-corrected chi connectivity index (χ0v) is 29.4. The van der Waals surface area contributed by atoms with E-state index in [2.05, 4.69) is 51.1 Å². The minimum absolute atomic E-state index is 0.273. The van der Waals surface area contributed by atoms with E-state index in [1.165, 1.54) is 0 Å². The highest BCUT2D eigenvalue weighted by Gasteiger charge is 2.49. The number of anilines is 6. The number of benzene rings is 7. The monoisotopic (exact) mass is 712 g/mol. The Kier molecular flexibility index (Phi) is 6.53. The first-order chi connectivity index (χ1) is 27.6. The molecule has 0 radical (unpaired) electrons. The fourth-order valence-corrected chi connectivity index (χ4v) is 9.10. The molecule has 8 nitrogen and oxygen atoms in total. The molecule has 56 heavy (non-hydrogen) atoms. The molecule has 0 bridgehead atoms. The van der Waals surface area contributed by atoms with Crippen LogP contribution in [0.1, 0.15) is 16.7 Å². The standard InChI is InChI=1S/C46H22B2N6O2/c1-52-36-21-28(25-50)44-42-46(36)56-40-19-11-9-17-33(40)48(42)35-22-34-37(23-38(35)54(44)31-14-6-3-7-15-31)53(30-12-4-2-5-13-30)43-27(24-49)20-29(26-51)45-41(43)47(34)32-16-8-10-18-39(32)55-45/h2-23H. The number of nitriles is 3. The van der Waals surface area contributed by atoms with Gasteiger partial charge in [0.1, 0.15) is 35.1 Å². The lowest BCUT2D eigenvalue weighted by Gasteiger charge is -2.44. The van der Waals surface area contributed by atoms with Crippen LogP contribution >= 0.6 is 0 Å². The molecule has 0 unspecified atom stereocenters. The molecule has 4 heterocycles. The normalized spacial score (nSPS) is 13.1. The van der Waals surface area contributed by atoms with Crippen LogP contribution in [-0.2, 0) is 0 Å². The zero-order chi connectivity index (χ0) is 37.7. The second-order valence-electron chi connectivity index (χ2n) is 14.0. The lowest BCUT2D eigenvalue weighted by molar-refractivity contribution is 0.486. The highest BCUT2D eigenvalue weighted by atomic mass is 16.5. The highest BCUT2D eigenvalue weighted by Crippen LogP contribution is 2.49. The maximum atomic E-state index is 10.8. The molecule has 0 N–H and O–H groups in total. The number of nitrogens with zero attached hydrogens (tertiary/aromatic N) is 6. The number of para-hydroxylation sites is 4. The number of rotatable bonds is 2. The predicted molar refractivity (Wildman–Crippen MR) is 219 cm³/mol. The van der Waals surface area contributed by atoms with E-state index in [1.54, 1.807) is 12.1 Å². The van der Waals surface area contributed by atoms with E-state index in [0.29, 0.717) is 45.5 Å². The molecule has 4 aliphatic rings. The molecule has 7 aromatic carbocycles. The van der Waals surface area contributed by atoms with Crippen LogP contribution in [0, 0.1) is 40.6 Å². The molecule has 0 amide bonds. The van der Waals surface area contributed by atoms with E-state index < -0.39 is 13.4 Å². The molecule has 7 aromatic rings. The van der Waals surface area contributed by atoms with Gasteiger partial charge in [-0.1, -0.05) is 78.9 Å². The molecule has 0 saturated heterocycles. The van der Waals surface area contributed by atoms with E-state index in [0.717, 1.165) is 55.5 Å². The quantitative estimate of drug-likeness (QED) is 0.146. The third kappa shape index (κ3) is 4.10. The minimum Gasteiger partial charge on any atom is -0.469 e. The van der Waals surface area contributed by atoms with Crippen molar-refractivity contribution in [2.24, 2.45) is 0 Å². The molecule has 4 aliphatic heterocycles. The van der Waals surface area contributed by atoms with Gasteiger partial charge in [0.25, 0.3) is 13.4 Å². The van der Waals surface area contributed by atoms with Gasteiger partial charge in [-0.25, -0.2) is 4.85 Å². The topological polar surface area (TPSA) is 101 Å². The molecule has 0 saturated carbocycles. The summed E-state index contributed by atoms with van der Waals surface area (Å²) in [4.78, 5) is 8.09. The van der Waals surface area contributed by atoms with Crippen LogP contribution in [-0.4, -0.2) is 13.4 Å². The Morgan fingerprint density at radius 2 is 0.964 bits per heavy atom. The summed E-state index contributed by atoms with van der Waals surface area (Å²) in [6.07, 6.45) is 0. The fraction of sp³-hybridized carbons (Fsp3) is 0. The van der Waals surface area contributed by atoms with Gasteiger partial charge in [-0.05, 0) is 87.4 Å². The van der Waals surface area contributed by atoms with Gasteiger partial charge >= 0.3 is 0 Å². The first kappa shape index (κ1) is 31.4. The summed E-state index contributed by atoms with van der Waals surface area (Å²) in [6, 6.07) is 50.4. The Hall–Kier alpha value is -8.17. The summed E-state index contributed by atoms with van der Waals surface area (Å²) in [5, 5.41) is 32.0. The van der Waals surface area contributed by atoms with Gasteiger partial charge in [0.2, 0.25) is 5.69 Å². The minimum atomic E-state index is -0.406.